The molecule has 5 nitrogen and oxygen atoms in total. The summed E-state index contributed by atoms with van der Waals surface area (Å²) in [5.74, 6) is -0.623. The van der Waals surface area contributed by atoms with Crippen molar-refractivity contribution in [3.63, 3.8) is 0 Å². The molecule has 0 aliphatic heterocycles. The number of aliphatic hydroxyl groups excluding tert-OH is 1. The summed E-state index contributed by atoms with van der Waals surface area (Å²) in [4.78, 5) is 24.4. The van der Waals surface area contributed by atoms with Gasteiger partial charge in [-0.05, 0) is 89.9 Å². The Balaban J connectivity index is 3.55. The number of ether oxygens (including phenoxy) is 2. The van der Waals surface area contributed by atoms with Gasteiger partial charge in [0.05, 0.1) is 6.61 Å². The van der Waals surface area contributed by atoms with Crippen LogP contribution in [-0.4, -0.2) is 36.4 Å². The first-order chi connectivity index (χ1) is 28.6. The van der Waals surface area contributed by atoms with Crippen molar-refractivity contribution < 1.29 is 24.2 Å². The van der Waals surface area contributed by atoms with E-state index in [4.69, 9.17) is 9.47 Å². The van der Waals surface area contributed by atoms with Crippen LogP contribution in [-0.2, 0) is 19.1 Å². The van der Waals surface area contributed by atoms with Crippen LogP contribution >= 0.6 is 0 Å². The number of hydrogen-bond acceptors (Lipinski definition) is 5. The Bertz CT molecular complexity index is 1140. The number of unbranched alkanes of at least 4 members (excludes halogenated alkanes) is 18. The highest BCUT2D eigenvalue weighted by atomic mass is 16.6. The zero-order chi connectivity index (χ0) is 42.1. The van der Waals surface area contributed by atoms with E-state index in [9.17, 15) is 14.7 Å². The van der Waals surface area contributed by atoms with Crippen LogP contribution in [0.4, 0.5) is 0 Å². The highest BCUT2D eigenvalue weighted by Gasteiger charge is 2.16. The maximum absolute atomic E-state index is 12.3. The topological polar surface area (TPSA) is 72.8 Å². The molecule has 0 amide bonds. The summed E-state index contributed by atoms with van der Waals surface area (Å²) in [6, 6.07) is 0. The molecule has 0 heterocycles. The van der Waals surface area contributed by atoms with Gasteiger partial charge in [-0.3, -0.25) is 9.59 Å². The fraction of sp³-hybridized carbons (Fsp3) is 0.660. The zero-order valence-corrected chi connectivity index (χ0v) is 37.5. The summed E-state index contributed by atoms with van der Waals surface area (Å²) >= 11 is 0. The van der Waals surface area contributed by atoms with E-state index < -0.39 is 6.10 Å². The molecule has 0 aromatic carbocycles. The number of rotatable bonds is 42. The Hall–Kier alpha value is -3.18. The first-order valence-electron chi connectivity index (χ1n) is 23.8. The summed E-state index contributed by atoms with van der Waals surface area (Å²) in [6.45, 7) is 3.89. The van der Waals surface area contributed by atoms with Crippen molar-refractivity contribution in [1.29, 1.82) is 0 Å². The molecule has 0 saturated heterocycles. The monoisotopic (exact) mass is 805 g/mol. The molecule has 0 spiro atoms. The average molecular weight is 805 g/mol. The van der Waals surface area contributed by atoms with Crippen LogP contribution in [0.3, 0.4) is 0 Å². The van der Waals surface area contributed by atoms with E-state index in [1.807, 2.05) is 0 Å². The van der Waals surface area contributed by atoms with E-state index in [2.05, 4.69) is 111 Å². The van der Waals surface area contributed by atoms with Gasteiger partial charge in [0.2, 0.25) is 0 Å². The van der Waals surface area contributed by atoms with Crippen molar-refractivity contribution in [3.05, 3.63) is 97.2 Å². The summed E-state index contributed by atoms with van der Waals surface area (Å²) in [5.41, 5.74) is 0. The van der Waals surface area contributed by atoms with Gasteiger partial charge in [-0.1, -0.05) is 201 Å². The highest BCUT2D eigenvalue weighted by molar-refractivity contribution is 5.70. The number of allylic oxidation sites excluding steroid dienone is 16. The van der Waals surface area contributed by atoms with E-state index in [0.29, 0.717) is 12.8 Å². The summed E-state index contributed by atoms with van der Waals surface area (Å²) in [6.07, 6.45) is 67.8. The molecule has 58 heavy (non-hydrogen) atoms. The standard InChI is InChI=1S/C53H88O5/c1-3-5-7-9-11-13-15-17-19-21-22-23-24-25-26-27-28-29-30-32-34-36-38-40-42-44-46-48-53(56)58-51(49-54)50-57-52(55)47-45-43-41-39-37-35-33-31-20-18-16-14-12-10-8-6-4-2/h5-8,11-14,17-20,22-23,33,35,51,54H,3-4,9-10,15-16,21,24-32,34,36-50H2,1-2H3/b7-5-,8-6-,13-11-,14-12-,19-17-,20-18-,23-22-,35-33-. The van der Waals surface area contributed by atoms with Gasteiger partial charge in [-0.15, -0.1) is 0 Å². The maximum atomic E-state index is 12.3. The Kier molecular flexibility index (Phi) is 45.5. The number of carbonyl (C=O) groups is 2. The van der Waals surface area contributed by atoms with Gasteiger partial charge in [0.25, 0.3) is 0 Å². The minimum Gasteiger partial charge on any atom is -0.462 e. The molecule has 0 aromatic heterocycles. The predicted molar refractivity (Wildman–Crippen MR) is 251 cm³/mol. The first kappa shape index (κ1) is 54.8. The van der Waals surface area contributed by atoms with Gasteiger partial charge in [0.15, 0.2) is 6.10 Å². The molecule has 0 fully saturated rings. The largest absolute Gasteiger partial charge is 0.462 e. The van der Waals surface area contributed by atoms with Crippen molar-refractivity contribution in [3.8, 4) is 0 Å². The summed E-state index contributed by atoms with van der Waals surface area (Å²) in [5, 5.41) is 9.61. The molecule has 0 bridgehead atoms. The van der Waals surface area contributed by atoms with Crippen molar-refractivity contribution in [2.24, 2.45) is 0 Å². The Morgan fingerprint density at radius 2 is 0.690 bits per heavy atom. The van der Waals surface area contributed by atoms with E-state index in [0.717, 1.165) is 103 Å². The lowest BCUT2D eigenvalue weighted by molar-refractivity contribution is -0.161. The molecule has 0 radical (unpaired) electrons. The van der Waals surface area contributed by atoms with Crippen molar-refractivity contribution >= 4 is 11.9 Å². The molecule has 0 saturated carbocycles. The molecular formula is C53H88O5. The van der Waals surface area contributed by atoms with Gasteiger partial charge < -0.3 is 14.6 Å². The van der Waals surface area contributed by atoms with Crippen LogP contribution in [0.2, 0.25) is 0 Å². The highest BCUT2D eigenvalue weighted by Crippen LogP contribution is 2.15. The second-order valence-corrected chi connectivity index (χ2v) is 15.4. The lowest BCUT2D eigenvalue weighted by atomic mass is 10.0. The molecule has 0 aromatic rings. The van der Waals surface area contributed by atoms with Crippen molar-refractivity contribution in [2.75, 3.05) is 13.2 Å². The number of esters is 2. The second-order valence-electron chi connectivity index (χ2n) is 15.4. The molecular weight excluding hydrogens is 717 g/mol. The molecule has 1 N–H and O–H groups in total. The van der Waals surface area contributed by atoms with Crippen LogP contribution in [0, 0.1) is 0 Å². The normalized spacial score (nSPS) is 13.1. The van der Waals surface area contributed by atoms with Crippen LogP contribution in [0.1, 0.15) is 206 Å². The molecule has 0 rings (SSSR count). The first-order valence-corrected chi connectivity index (χ1v) is 23.8. The molecule has 5 heteroatoms. The lowest BCUT2D eigenvalue weighted by Gasteiger charge is -2.15. The molecule has 1 unspecified atom stereocenters. The fourth-order valence-electron chi connectivity index (χ4n) is 6.36. The summed E-state index contributed by atoms with van der Waals surface area (Å²) < 4.78 is 10.6. The summed E-state index contributed by atoms with van der Waals surface area (Å²) in [7, 11) is 0. The Morgan fingerprint density at radius 3 is 1.03 bits per heavy atom. The Labute approximate surface area is 358 Å². The van der Waals surface area contributed by atoms with Crippen LogP contribution in [0.25, 0.3) is 0 Å². The van der Waals surface area contributed by atoms with Gasteiger partial charge in [-0.25, -0.2) is 0 Å². The smallest absolute Gasteiger partial charge is 0.306 e. The van der Waals surface area contributed by atoms with Gasteiger partial charge >= 0.3 is 11.9 Å². The Morgan fingerprint density at radius 1 is 0.397 bits per heavy atom. The number of carbonyl (C=O) groups excluding carboxylic acids is 2. The number of hydrogen-bond donors (Lipinski definition) is 1. The maximum Gasteiger partial charge on any atom is 0.306 e. The quantitative estimate of drug-likeness (QED) is 0.0378. The van der Waals surface area contributed by atoms with E-state index >= 15 is 0 Å². The minimum absolute atomic E-state index is 0.0832. The third-order valence-corrected chi connectivity index (χ3v) is 9.87. The molecule has 0 aliphatic rings. The third-order valence-electron chi connectivity index (χ3n) is 9.87. The third kappa shape index (κ3) is 45.5. The van der Waals surface area contributed by atoms with E-state index in [-0.39, 0.29) is 25.2 Å². The van der Waals surface area contributed by atoms with Gasteiger partial charge in [-0.2, -0.15) is 0 Å². The molecule has 1 atom stereocenters. The number of aliphatic hydroxyl groups is 1. The van der Waals surface area contributed by atoms with Gasteiger partial charge in [0, 0.05) is 12.8 Å². The van der Waals surface area contributed by atoms with Crippen LogP contribution in [0.15, 0.2) is 97.2 Å². The van der Waals surface area contributed by atoms with Gasteiger partial charge in [0.1, 0.15) is 6.61 Å². The van der Waals surface area contributed by atoms with Crippen molar-refractivity contribution in [2.45, 2.75) is 213 Å². The van der Waals surface area contributed by atoms with E-state index in [1.54, 1.807) is 0 Å². The second kappa shape index (κ2) is 48.2. The molecule has 330 valence electrons. The van der Waals surface area contributed by atoms with Crippen LogP contribution < -0.4 is 0 Å². The van der Waals surface area contributed by atoms with E-state index in [1.165, 1.54) is 77.0 Å². The lowest BCUT2D eigenvalue weighted by Crippen LogP contribution is -2.28. The zero-order valence-electron chi connectivity index (χ0n) is 37.5. The average Bonchev–Trinajstić information content (AvgIpc) is 3.23. The molecule has 0 aliphatic carbocycles. The minimum atomic E-state index is -0.788. The SMILES string of the molecule is CC/C=C\C/C=C\C/C=C\C/C=C\CCCCCCCCCCCCCCCCC(=O)OC(CO)COC(=O)CCCCCC/C=C\C/C=C\C/C=C\C/C=C\CC. The predicted octanol–water partition coefficient (Wildman–Crippen LogP) is 15.6. The van der Waals surface area contributed by atoms with Crippen LogP contribution in [0.5, 0.6) is 0 Å². The fourth-order valence-corrected chi connectivity index (χ4v) is 6.36. The van der Waals surface area contributed by atoms with Crippen molar-refractivity contribution in [1.82, 2.24) is 0 Å².